The number of nitrogens with one attached hydrogen (secondary N) is 1. The average molecular weight is 1090 g/mol. The molecule has 20 heteroatoms. The third-order valence-corrected chi connectivity index (χ3v) is 15.8. The summed E-state index contributed by atoms with van der Waals surface area (Å²) in [6, 6.07) is 17.0. The number of likely N-dealkylation sites (tertiary alicyclic amines) is 2. The molecule has 13 rings (SSSR count). The second-order valence-electron chi connectivity index (χ2n) is 20.8. The van der Waals surface area contributed by atoms with Crippen LogP contribution in [0.2, 0.25) is 0 Å². The minimum atomic E-state index is -0.431. The lowest BCUT2D eigenvalue weighted by atomic mass is 9.98. The number of amides is 7. The highest BCUT2D eigenvalue weighted by Gasteiger charge is 2.38. The van der Waals surface area contributed by atoms with E-state index in [-0.39, 0.29) is 64.0 Å². The van der Waals surface area contributed by atoms with Crippen LogP contribution in [0.15, 0.2) is 97.8 Å². The lowest BCUT2D eigenvalue weighted by molar-refractivity contribution is -0.138. The fourth-order valence-electron chi connectivity index (χ4n) is 12.0. The molecule has 0 unspecified atom stereocenters. The standard InChI is InChI=1S/C30H29FN6O3.C28H29FN6O3.2CH4/c1-19(38)37-18-24(25-15-32-26-7-3-6-10-36(25)26)27(29(37)39)23-17-34-11-12-35(30(40)33-8-4-2-5-9-33)16-20-13-21(31)14-22(23)28(20)34;29-21-12-20-18-34(28(38)32-7-3-1-4-8-32)11-10-33-17-19(22(14-21)27(20)33)13-26(37)31-16-24(36)23-15-30-25-6-2-5-9-35(23)25;;/h3,6-7,10,13-15,17H,2,4-5,8-9,11-12,16,18H2,1H3;2,5-6,9,12,14-15,17H,1,3-4,7-8,10-11,13,16,18H2,(H,31,37);2*1H4. The maximum absolute atomic E-state index is 15.2. The number of benzene rings is 2. The number of halogens is 2. The van der Waals surface area contributed by atoms with Gasteiger partial charge in [-0.1, -0.05) is 27.0 Å². The molecule has 6 aromatic heterocycles. The van der Waals surface area contributed by atoms with Crippen LogP contribution in [0.1, 0.15) is 98.7 Å². The van der Waals surface area contributed by atoms with E-state index in [9.17, 15) is 33.2 Å². The number of urea groups is 2. The molecule has 2 saturated heterocycles. The third-order valence-electron chi connectivity index (χ3n) is 15.8. The van der Waals surface area contributed by atoms with E-state index in [1.54, 1.807) is 32.7 Å². The number of pyridine rings is 2. The molecular formula is C60H66F2N12O6. The summed E-state index contributed by atoms with van der Waals surface area (Å²) in [7, 11) is 0. The molecule has 416 valence electrons. The maximum Gasteiger partial charge on any atom is 0.320 e. The third kappa shape index (κ3) is 10.2. The first-order valence-corrected chi connectivity index (χ1v) is 26.8. The number of Topliss-reactive ketones (excluding diaryl/α,β-unsaturated/α-hetero) is 1. The van der Waals surface area contributed by atoms with Crippen LogP contribution in [0.5, 0.6) is 0 Å². The van der Waals surface area contributed by atoms with Crippen molar-refractivity contribution in [3.8, 4) is 0 Å². The molecule has 0 bridgehead atoms. The summed E-state index contributed by atoms with van der Waals surface area (Å²) < 4.78 is 37.5. The fourth-order valence-corrected chi connectivity index (χ4v) is 12.0. The number of hydrogen-bond acceptors (Lipinski definition) is 8. The summed E-state index contributed by atoms with van der Waals surface area (Å²) in [5.74, 6) is -2.16. The van der Waals surface area contributed by atoms with E-state index in [2.05, 4.69) is 15.3 Å². The summed E-state index contributed by atoms with van der Waals surface area (Å²) in [4.78, 5) is 95.6. The van der Waals surface area contributed by atoms with Crippen molar-refractivity contribution < 1.29 is 37.5 Å². The lowest BCUT2D eigenvalue weighted by Gasteiger charge is -2.32. The minimum Gasteiger partial charge on any atom is -0.348 e. The average Bonchev–Trinajstić information content (AvgIpc) is 4.40. The van der Waals surface area contributed by atoms with Crippen molar-refractivity contribution in [2.75, 3.05) is 52.4 Å². The Morgan fingerprint density at radius 1 is 0.613 bits per heavy atom. The lowest BCUT2D eigenvalue weighted by Crippen LogP contribution is -2.45. The zero-order valence-electron chi connectivity index (χ0n) is 43.3. The van der Waals surface area contributed by atoms with Crippen LogP contribution in [-0.2, 0) is 47.0 Å². The first-order chi connectivity index (χ1) is 37.9. The van der Waals surface area contributed by atoms with Gasteiger partial charge in [-0.05, 0) is 104 Å². The molecule has 0 atom stereocenters. The Balaban J connectivity index is 0.000000176. The van der Waals surface area contributed by atoms with Gasteiger partial charge in [-0.3, -0.25) is 32.9 Å². The van der Waals surface area contributed by atoms with E-state index < -0.39 is 17.5 Å². The molecule has 80 heavy (non-hydrogen) atoms. The van der Waals surface area contributed by atoms with Crippen molar-refractivity contribution in [3.63, 3.8) is 0 Å². The zero-order chi connectivity index (χ0) is 53.8. The van der Waals surface area contributed by atoms with Crippen molar-refractivity contribution in [2.45, 2.75) is 92.9 Å². The molecule has 7 amide bonds. The van der Waals surface area contributed by atoms with E-state index in [1.807, 2.05) is 72.3 Å². The largest absolute Gasteiger partial charge is 0.348 e. The van der Waals surface area contributed by atoms with Crippen molar-refractivity contribution in [2.24, 2.45) is 0 Å². The van der Waals surface area contributed by atoms with Gasteiger partial charge in [0.1, 0.15) is 28.6 Å². The minimum absolute atomic E-state index is 0. The topological polar surface area (TPSA) is 175 Å². The first kappa shape index (κ1) is 54.7. The predicted octanol–water partition coefficient (Wildman–Crippen LogP) is 8.81. The van der Waals surface area contributed by atoms with E-state index in [0.717, 1.165) is 86.9 Å². The Hall–Kier alpha value is -8.68. The molecule has 2 aromatic carbocycles. The van der Waals surface area contributed by atoms with Crippen LogP contribution in [-0.4, -0.2) is 140 Å². The predicted molar refractivity (Wildman–Crippen MR) is 300 cm³/mol. The second kappa shape index (κ2) is 22.6. The SMILES string of the molecule is C.C.CC(=O)N1CC(c2cnc3ccccn23)=C(c2cn3c4c(cc(F)cc24)CN(C(=O)N2CCCCC2)CC3)C1=O.O=C(Cc1cn2c3c(cc(F)cc13)CN(C(=O)N1CCCCC1)CC2)NCC(=O)c1cnc2ccccn12. The van der Waals surface area contributed by atoms with Gasteiger partial charge in [0.2, 0.25) is 11.8 Å². The summed E-state index contributed by atoms with van der Waals surface area (Å²) in [6.45, 7) is 7.02. The number of hydrogen-bond donors (Lipinski definition) is 1. The van der Waals surface area contributed by atoms with Gasteiger partial charge >= 0.3 is 12.1 Å². The summed E-state index contributed by atoms with van der Waals surface area (Å²) in [5.41, 5.74) is 7.91. The number of imidazole rings is 2. The molecule has 0 aliphatic carbocycles. The Labute approximate surface area is 461 Å². The van der Waals surface area contributed by atoms with Crippen LogP contribution >= 0.6 is 0 Å². The van der Waals surface area contributed by atoms with Gasteiger partial charge in [0, 0.05) is 119 Å². The second-order valence-corrected chi connectivity index (χ2v) is 20.8. The number of ketones is 1. The van der Waals surface area contributed by atoms with Gasteiger partial charge in [0.05, 0.1) is 54.2 Å². The van der Waals surface area contributed by atoms with Crippen molar-refractivity contribution >= 4 is 79.8 Å². The Morgan fingerprint density at radius 2 is 1.16 bits per heavy atom. The Morgan fingerprint density at radius 3 is 1.77 bits per heavy atom. The molecule has 0 radical (unpaired) electrons. The maximum atomic E-state index is 15.2. The molecule has 5 aliphatic heterocycles. The van der Waals surface area contributed by atoms with Crippen LogP contribution in [0.25, 0.3) is 44.2 Å². The number of piperidine rings is 2. The highest BCUT2D eigenvalue weighted by atomic mass is 19.1. The monoisotopic (exact) mass is 1090 g/mol. The normalized spacial score (nSPS) is 16.3. The number of fused-ring (bicyclic) bond motifs is 2. The molecule has 18 nitrogen and oxygen atoms in total. The molecular weight excluding hydrogens is 1020 g/mol. The van der Waals surface area contributed by atoms with Crippen molar-refractivity contribution in [3.05, 3.63) is 143 Å². The van der Waals surface area contributed by atoms with Gasteiger partial charge in [-0.15, -0.1) is 0 Å². The van der Waals surface area contributed by atoms with E-state index in [4.69, 9.17) is 0 Å². The summed E-state index contributed by atoms with van der Waals surface area (Å²) in [6.07, 6.45) is 16.9. The molecule has 2 fully saturated rings. The molecule has 1 N–H and O–H groups in total. The van der Waals surface area contributed by atoms with Crippen LogP contribution < -0.4 is 5.32 Å². The van der Waals surface area contributed by atoms with Gasteiger partial charge in [-0.2, -0.15) is 0 Å². The van der Waals surface area contributed by atoms with Crippen LogP contribution in [0, 0.1) is 11.6 Å². The first-order valence-electron chi connectivity index (χ1n) is 26.8. The van der Waals surface area contributed by atoms with Crippen molar-refractivity contribution in [1.29, 1.82) is 0 Å². The number of carbonyl (C=O) groups excluding carboxylic acids is 6. The quantitative estimate of drug-likeness (QED) is 0.154. The molecule has 8 aromatic rings. The summed E-state index contributed by atoms with van der Waals surface area (Å²) in [5, 5.41) is 3.96. The highest BCUT2D eigenvalue weighted by molar-refractivity contribution is 6.35. The van der Waals surface area contributed by atoms with Gasteiger partial charge in [0.25, 0.3) is 5.91 Å². The van der Waals surface area contributed by atoms with E-state index >= 15 is 4.39 Å². The number of nitrogens with zero attached hydrogens (tertiary/aromatic N) is 11. The highest BCUT2D eigenvalue weighted by Crippen LogP contribution is 2.41. The Kier molecular flexibility index (Phi) is 15.4. The van der Waals surface area contributed by atoms with E-state index in [1.165, 1.54) is 42.3 Å². The number of aromatic nitrogens is 6. The van der Waals surface area contributed by atoms with Gasteiger partial charge in [0.15, 0.2) is 5.78 Å². The Bertz CT molecular complexity index is 3780. The molecule has 0 saturated carbocycles. The van der Waals surface area contributed by atoms with E-state index in [0.29, 0.717) is 94.9 Å². The smallest absolute Gasteiger partial charge is 0.320 e. The molecule has 0 spiro atoms. The number of carbonyl (C=O) groups is 6. The molecule has 11 heterocycles. The van der Waals surface area contributed by atoms with Gasteiger partial charge < -0.3 is 34.1 Å². The summed E-state index contributed by atoms with van der Waals surface area (Å²) >= 11 is 0. The zero-order valence-corrected chi connectivity index (χ0v) is 43.3. The van der Waals surface area contributed by atoms with Crippen LogP contribution in [0.4, 0.5) is 18.4 Å². The van der Waals surface area contributed by atoms with Crippen molar-refractivity contribution in [1.82, 2.24) is 57.7 Å². The number of rotatable bonds is 7. The molecule has 5 aliphatic rings. The number of imide groups is 1. The van der Waals surface area contributed by atoms with Crippen LogP contribution in [0.3, 0.4) is 0 Å². The van der Waals surface area contributed by atoms with Gasteiger partial charge in [-0.25, -0.2) is 28.3 Å². The fraction of sp³-hybridized carbons (Fsp3) is 0.367.